The van der Waals surface area contributed by atoms with Crippen molar-refractivity contribution in [2.24, 2.45) is 0 Å². The Hall–Kier alpha value is -3.75. The summed E-state index contributed by atoms with van der Waals surface area (Å²) in [5.41, 5.74) is 0.327. The van der Waals surface area contributed by atoms with Crippen LogP contribution in [0.5, 0.6) is 0 Å². The summed E-state index contributed by atoms with van der Waals surface area (Å²) in [7, 11) is 0. The number of carbonyl (C=O) groups excluding carboxylic acids is 2. The number of aromatic nitrogens is 3. The van der Waals surface area contributed by atoms with Crippen LogP contribution in [0.25, 0.3) is 16.9 Å². The van der Waals surface area contributed by atoms with Gasteiger partial charge in [-0.25, -0.2) is 4.68 Å². The summed E-state index contributed by atoms with van der Waals surface area (Å²) >= 11 is 0. The SMILES string of the molecule is CC(=O)/C=C/C(=O)c1cc(-c2cc[n+]([O-])cc2)nn1-c1ccc(C(F)(F)F)cc1. The van der Waals surface area contributed by atoms with Gasteiger partial charge in [-0.3, -0.25) is 9.59 Å². The minimum Gasteiger partial charge on any atom is -0.619 e. The second-order valence-electron chi connectivity index (χ2n) is 6.13. The monoisotopic (exact) mass is 401 g/mol. The Bertz CT molecular complexity index is 1080. The van der Waals surface area contributed by atoms with Gasteiger partial charge in [0.05, 0.1) is 16.9 Å². The van der Waals surface area contributed by atoms with Crippen LogP contribution in [0.15, 0.2) is 67.0 Å². The lowest BCUT2D eigenvalue weighted by Crippen LogP contribution is -2.23. The second-order valence-corrected chi connectivity index (χ2v) is 6.13. The fraction of sp³-hybridized carbons (Fsp3) is 0.100. The van der Waals surface area contributed by atoms with Crippen molar-refractivity contribution in [3.05, 3.63) is 83.5 Å². The molecule has 0 aliphatic carbocycles. The highest BCUT2D eigenvalue weighted by Crippen LogP contribution is 2.30. The van der Waals surface area contributed by atoms with Crippen molar-refractivity contribution in [3.8, 4) is 16.9 Å². The molecule has 0 aliphatic heterocycles. The first kappa shape index (κ1) is 20.0. The van der Waals surface area contributed by atoms with Gasteiger partial charge >= 0.3 is 6.18 Å². The molecule has 0 atom stereocenters. The summed E-state index contributed by atoms with van der Waals surface area (Å²) in [6.45, 7) is 1.28. The van der Waals surface area contributed by atoms with Gasteiger partial charge in [0.15, 0.2) is 18.2 Å². The van der Waals surface area contributed by atoms with Gasteiger partial charge in [0, 0.05) is 17.7 Å². The Labute approximate surface area is 163 Å². The molecular weight excluding hydrogens is 387 g/mol. The predicted octanol–water partition coefficient (Wildman–Crippen LogP) is 3.52. The number of ketones is 2. The second kappa shape index (κ2) is 7.70. The van der Waals surface area contributed by atoms with E-state index in [1.807, 2.05) is 0 Å². The van der Waals surface area contributed by atoms with Gasteiger partial charge < -0.3 is 5.21 Å². The fourth-order valence-corrected chi connectivity index (χ4v) is 2.55. The van der Waals surface area contributed by atoms with Crippen molar-refractivity contribution in [3.63, 3.8) is 0 Å². The molecule has 1 aromatic carbocycles. The highest BCUT2D eigenvalue weighted by Gasteiger charge is 2.30. The third kappa shape index (κ3) is 4.57. The molecule has 0 radical (unpaired) electrons. The summed E-state index contributed by atoms with van der Waals surface area (Å²) in [5, 5.41) is 15.5. The maximum atomic E-state index is 12.8. The molecular formula is C20H14F3N3O3. The van der Waals surface area contributed by atoms with Gasteiger partial charge in [-0.05, 0) is 49.4 Å². The molecule has 9 heteroatoms. The normalized spacial score (nSPS) is 11.7. The molecule has 0 saturated carbocycles. The van der Waals surface area contributed by atoms with Crippen molar-refractivity contribution in [2.75, 3.05) is 0 Å². The lowest BCUT2D eigenvalue weighted by molar-refractivity contribution is -0.605. The molecule has 0 fully saturated rings. The first-order valence-corrected chi connectivity index (χ1v) is 8.35. The van der Waals surface area contributed by atoms with E-state index in [1.165, 1.54) is 54.3 Å². The number of hydrogen-bond acceptors (Lipinski definition) is 4. The van der Waals surface area contributed by atoms with Crippen LogP contribution >= 0.6 is 0 Å². The zero-order valence-corrected chi connectivity index (χ0v) is 15.1. The van der Waals surface area contributed by atoms with Gasteiger partial charge in [-0.1, -0.05) is 0 Å². The summed E-state index contributed by atoms with van der Waals surface area (Å²) in [4.78, 5) is 23.7. The van der Waals surface area contributed by atoms with Gasteiger partial charge in [0.1, 0.15) is 5.69 Å². The van der Waals surface area contributed by atoms with E-state index in [0.29, 0.717) is 16.0 Å². The van der Waals surface area contributed by atoms with E-state index >= 15 is 0 Å². The van der Waals surface area contributed by atoms with Crippen molar-refractivity contribution in [2.45, 2.75) is 13.1 Å². The van der Waals surface area contributed by atoms with E-state index in [0.717, 1.165) is 24.3 Å². The quantitative estimate of drug-likeness (QED) is 0.284. The summed E-state index contributed by atoms with van der Waals surface area (Å²) in [6, 6.07) is 8.59. The molecule has 0 bridgehead atoms. The van der Waals surface area contributed by atoms with Gasteiger partial charge in [-0.15, -0.1) is 0 Å². The van der Waals surface area contributed by atoms with Crippen LogP contribution in [0.2, 0.25) is 0 Å². The van der Waals surface area contributed by atoms with Crippen LogP contribution in [0.1, 0.15) is 23.0 Å². The number of rotatable bonds is 5. The maximum Gasteiger partial charge on any atom is 0.416 e. The Morgan fingerprint density at radius 3 is 2.24 bits per heavy atom. The molecule has 3 aromatic rings. The molecule has 0 saturated heterocycles. The lowest BCUT2D eigenvalue weighted by Gasteiger charge is -2.09. The number of nitrogens with zero attached hydrogens (tertiary/aromatic N) is 3. The summed E-state index contributed by atoms with van der Waals surface area (Å²) in [6.07, 6.45) is 0.178. The first-order valence-electron chi connectivity index (χ1n) is 8.35. The fourth-order valence-electron chi connectivity index (χ4n) is 2.55. The molecule has 0 aliphatic rings. The Balaban J connectivity index is 2.09. The maximum absolute atomic E-state index is 12.8. The largest absolute Gasteiger partial charge is 0.619 e. The number of carbonyl (C=O) groups is 2. The number of pyridine rings is 1. The minimum absolute atomic E-state index is 0.0520. The van der Waals surface area contributed by atoms with E-state index in [9.17, 15) is 28.0 Å². The molecule has 0 amide bonds. The first-order chi connectivity index (χ1) is 13.6. The average Bonchev–Trinajstić information content (AvgIpc) is 3.11. The van der Waals surface area contributed by atoms with Crippen LogP contribution in [0.4, 0.5) is 13.2 Å². The molecule has 0 unspecified atom stereocenters. The van der Waals surface area contributed by atoms with E-state index < -0.39 is 17.5 Å². The molecule has 3 rings (SSSR count). The third-order valence-electron chi connectivity index (χ3n) is 3.97. The molecule has 0 spiro atoms. The molecule has 29 heavy (non-hydrogen) atoms. The van der Waals surface area contributed by atoms with Crippen molar-refractivity contribution in [1.82, 2.24) is 9.78 Å². The third-order valence-corrected chi connectivity index (χ3v) is 3.97. The highest BCUT2D eigenvalue weighted by atomic mass is 19.4. The number of hydrogen-bond donors (Lipinski definition) is 0. The standard InChI is InChI=1S/C20H14F3N3O3/c1-13(27)2-7-19(28)18-12-17(14-8-10-25(29)11-9-14)24-26(18)16-5-3-15(4-6-16)20(21,22)23/h2-12H,1H3/b7-2+. The Morgan fingerprint density at radius 1 is 1.07 bits per heavy atom. The number of allylic oxidation sites excluding steroid dienone is 2. The number of alkyl halides is 3. The number of benzene rings is 1. The van der Waals surface area contributed by atoms with Gasteiger partial charge in [-0.2, -0.15) is 23.0 Å². The van der Waals surface area contributed by atoms with E-state index in [1.54, 1.807) is 0 Å². The van der Waals surface area contributed by atoms with Crippen molar-refractivity contribution >= 4 is 11.6 Å². The van der Waals surface area contributed by atoms with Crippen molar-refractivity contribution in [1.29, 1.82) is 0 Å². The Kier molecular flexibility index (Phi) is 5.31. The zero-order chi connectivity index (χ0) is 21.2. The minimum atomic E-state index is -4.49. The Morgan fingerprint density at radius 2 is 1.69 bits per heavy atom. The van der Waals surface area contributed by atoms with Crippen LogP contribution in [0, 0.1) is 5.21 Å². The summed E-state index contributed by atoms with van der Waals surface area (Å²) < 4.78 is 40.2. The molecule has 6 nitrogen and oxygen atoms in total. The molecule has 148 valence electrons. The number of halogens is 3. The van der Waals surface area contributed by atoms with Crippen LogP contribution < -0.4 is 4.73 Å². The molecule has 0 N–H and O–H groups in total. The summed E-state index contributed by atoms with van der Waals surface area (Å²) in [5.74, 6) is -0.879. The lowest BCUT2D eigenvalue weighted by atomic mass is 10.1. The van der Waals surface area contributed by atoms with Crippen LogP contribution in [0.3, 0.4) is 0 Å². The van der Waals surface area contributed by atoms with E-state index in [2.05, 4.69) is 5.10 Å². The predicted molar refractivity (Wildman–Crippen MR) is 97.1 cm³/mol. The highest BCUT2D eigenvalue weighted by molar-refractivity contribution is 6.07. The average molecular weight is 401 g/mol. The van der Waals surface area contributed by atoms with Crippen molar-refractivity contribution < 1.29 is 27.5 Å². The van der Waals surface area contributed by atoms with E-state index in [-0.39, 0.29) is 17.2 Å². The van der Waals surface area contributed by atoms with Crippen LogP contribution in [-0.2, 0) is 11.0 Å². The smallest absolute Gasteiger partial charge is 0.416 e. The zero-order valence-electron chi connectivity index (χ0n) is 15.1. The molecule has 2 aromatic heterocycles. The van der Waals surface area contributed by atoms with Gasteiger partial charge in [0.2, 0.25) is 5.78 Å². The van der Waals surface area contributed by atoms with Crippen LogP contribution in [-0.4, -0.2) is 21.3 Å². The van der Waals surface area contributed by atoms with Gasteiger partial charge in [0.25, 0.3) is 0 Å². The van der Waals surface area contributed by atoms with E-state index in [4.69, 9.17) is 0 Å². The molecule has 2 heterocycles. The topological polar surface area (TPSA) is 78.9 Å².